The van der Waals surface area contributed by atoms with E-state index in [9.17, 15) is 20.0 Å². The maximum absolute atomic E-state index is 11.5. The molecule has 0 saturated carbocycles. The summed E-state index contributed by atoms with van der Waals surface area (Å²) in [7, 11) is 0. The molecule has 1 amide bonds. The van der Waals surface area contributed by atoms with Gasteiger partial charge in [-0.05, 0) is 0 Å². The molecule has 3 N–H and O–H groups in total. The maximum Gasteiger partial charge on any atom is 0.292 e. The lowest BCUT2D eigenvalue weighted by Gasteiger charge is -2.31. The van der Waals surface area contributed by atoms with Crippen LogP contribution in [0, 0.1) is 10.1 Å². The molecule has 102 valence electrons. The van der Waals surface area contributed by atoms with Crippen LogP contribution in [0.25, 0.3) is 0 Å². The smallest absolute Gasteiger partial charge is 0.292 e. The summed E-state index contributed by atoms with van der Waals surface area (Å²) in [4.78, 5) is 21.9. The van der Waals surface area contributed by atoms with Gasteiger partial charge in [0.25, 0.3) is 5.69 Å². The van der Waals surface area contributed by atoms with E-state index in [0.29, 0.717) is 17.7 Å². The number of nitrogens with one attached hydrogen (secondary N) is 2. The van der Waals surface area contributed by atoms with Crippen molar-refractivity contribution < 1.29 is 14.8 Å². The van der Waals surface area contributed by atoms with Gasteiger partial charge < -0.3 is 15.7 Å². The number of carbonyl (C=O) groups excluding carboxylic acids is 1. The molecule has 1 heterocycles. The molecule has 1 aromatic rings. The molecule has 7 nitrogen and oxygen atoms in total. The highest BCUT2D eigenvalue weighted by molar-refractivity contribution is 5.77. The number of carbonyl (C=O) groups is 1. The molecule has 0 radical (unpaired) electrons. The summed E-state index contributed by atoms with van der Waals surface area (Å²) >= 11 is 0. The Bertz CT molecular complexity index is 518. The van der Waals surface area contributed by atoms with E-state index in [1.807, 2.05) is 0 Å². The van der Waals surface area contributed by atoms with Gasteiger partial charge in [0, 0.05) is 24.6 Å². The summed E-state index contributed by atoms with van der Waals surface area (Å²) in [5, 5.41) is 26.4. The van der Waals surface area contributed by atoms with Gasteiger partial charge >= 0.3 is 0 Å². The highest BCUT2D eigenvalue weighted by Gasteiger charge is 2.32. The molecule has 0 unspecified atom stereocenters. The summed E-state index contributed by atoms with van der Waals surface area (Å²) < 4.78 is 0. The number of anilines is 1. The summed E-state index contributed by atoms with van der Waals surface area (Å²) in [6.45, 7) is 1.86. The Morgan fingerprint density at radius 3 is 3.00 bits per heavy atom. The summed E-state index contributed by atoms with van der Waals surface area (Å²) in [6, 6.07) is 3.98. The lowest BCUT2D eigenvalue weighted by Crippen LogP contribution is -2.42. The molecule has 2 atom stereocenters. The minimum absolute atomic E-state index is 0.0554. The van der Waals surface area contributed by atoms with Gasteiger partial charge in [-0.2, -0.15) is 0 Å². The number of β-amino-alcohol motifs (C(OH)–C–C–N with tert-alkyl or cyclic N) is 1. The van der Waals surface area contributed by atoms with Gasteiger partial charge in [-0.3, -0.25) is 14.9 Å². The number of nitrogens with zero attached hydrogens (tertiary/aromatic N) is 1. The van der Waals surface area contributed by atoms with Crippen LogP contribution in [0.2, 0.25) is 0 Å². The molecule has 1 aliphatic rings. The first-order chi connectivity index (χ1) is 9.04. The van der Waals surface area contributed by atoms with Crippen molar-refractivity contribution in [3.05, 3.63) is 33.9 Å². The second-order valence-electron chi connectivity index (χ2n) is 4.35. The van der Waals surface area contributed by atoms with Gasteiger partial charge in [0.1, 0.15) is 5.69 Å². The number of para-hydroxylation sites is 1. The molecule has 1 aromatic carbocycles. The lowest BCUT2D eigenvalue weighted by atomic mass is 9.94. The SMILES string of the molecule is CCC(=O)N[C@@H]1c2cccc([N+](=O)[O-])c2NC[C@H]1O. The topological polar surface area (TPSA) is 104 Å². The third-order valence-electron chi connectivity index (χ3n) is 3.12. The quantitative estimate of drug-likeness (QED) is 0.557. The zero-order valence-electron chi connectivity index (χ0n) is 10.4. The average Bonchev–Trinajstić information content (AvgIpc) is 2.40. The number of rotatable bonds is 3. The van der Waals surface area contributed by atoms with Crippen molar-refractivity contribution in [1.29, 1.82) is 0 Å². The van der Waals surface area contributed by atoms with Crippen LogP contribution >= 0.6 is 0 Å². The number of aliphatic hydroxyl groups is 1. The van der Waals surface area contributed by atoms with Gasteiger partial charge in [0.05, 0.1) is 17.1 Å². The lowest BCUT2D eigenvalue weighted by molar-refractivity contribution is -0.384. The molecule has 19 heavy (non-hydrogen) atoms. The highest BCUT2D eigenvalue weighted by atomic mass is 16.6. The molecule has 1 aliphatic heterocycles. The predicted octanol–water partition coefficient (Wildman–Crippen LogP) is 0.948. The first kappa shape index (κ1) is 13.3. The van der Waals surface area contributed by atoms with E-state index < -0.39 is 17.1 Å². The zero-order valence-corrected chi connectivity index (χ0v) is 10.4. The molecular weight excluding hydrogens is 250 g/mol. The predicted molar refractivity (Wildman–Crippen MR) is 68.8 cm³/mol. The third-order valence-corrected chi connectivity index (χ3v) is 3.12. The number of benzene rings is 1. The normalized spacial score (nSPS) is 21.2. The number of amides is 1. The molecule has 2 rings (SSSR count). The second-order valence-corrected chi connectivity index (χ2v) is 4.35. The summed E-state index contributed by atoms with van der Waals surface area (Å²) in [5.41, 5.74) is 0.842. The molecule has 0 aliphatic carbocycles. The van der Waals surface area contributed by atoms with E-state index >= 15 is 0 Å². The van der Waals surface area contributed by atoms with E-state index in [2.05, 4.69) is 10.6 Å². The van der Waals surface area contributed by atoms with Crippen LogP contribution < -0.4 is 10.6 Å². The fourth-order valence-corrected chi connectivity index (χ4v) is 2.14. The van der Waals surface area contributed by atoms with Gasteiger partial charge in [0.2, 0.25) is 5.91 Å². The highest BCUT2D eigenvalue weighted by Crippen LogP contribution is 2.36. The second kappa shape index (κ2) is 5.23. The molecule has 0 fully saturated rings. The van der Waals surface area contributed by atoms with Crippen LogP contribution in [0.5, 0.6) is 0 Å². The van der Waals surface area contributed by atoms with Crippen LogP contribution in [0.3, 0.4) is 0 Å². The Kier molecular flexibility index (Phi) is 3.66. The molecular formula is C12H15N3O4. The Balaban J connectivity index is 2.41. The molecule has 0 saturated heterocycles. The van der Waals surface area contributed by atoms with Gasteiger partial charge in [-0.15, -0.1) is 0 Å². The van der Waals surface area contributed by atoms with Crippen LogP contribution in [0.1, 0.15) is 24.9 Å². The zero-order chi connectivity index (χ0) is 14.0. The van der Waals surface area contributed by atoms with Crippen molar-refractivity contribution in [2.45, 2.75) is 25.5 Å². The summed E-state index contributed by atoms with van der Waals surface area (Å²) in [6.07, 6.45) is -0.522. The Morgan fingerprint density at radius 1 is 1.63 bits per heavy atom. The van der Waals surface area contributed by atoms with Crippen molar-refractivity contribution in [3.8, 4) is 0 Å². The monoisotopic (exact) mass is 265 g/mol. The largest absolute Gasteiger partial charge is 0.389 e. The number of hydrogen-bond donors (Lipinski definition) is 3. The van der Waals surface area contributed by atoms with Crippen LogP contribution in [-0.4, -0.2) is 28.6 Å². The number of nitro benzene ring substituents is 1. The van der Waals surface area contributed by atoms with Crippen molar-refractivity contribution in [2.75, 3.05) is 11.9 Å². The number of fused-ring (bicyclic) bond motifs is 1. The standard InChI is InChI=1S/C12H15N3O4/c1-2-10(17)14-12-7-4-3-5-8(15(18)19)11(7)13-6-9(12)16/h3-5,9,12-13,16H,2,6H2,1H3,(H,14,17)/t9-,12-/m1/s1. The average molecular weight is 265 g/mol. The molecule has 0 aromatic heterocycles. The van der Waals surface area contributed by atoms with Crippen molar-refractivity contribution in [1.82, 2.24) is 5.32 Å². The fraction of sp³-hybridized carbons (Fsp3) is 0.417. The Hall–Kier alpha value is -2.15. The van der Waals surface area contributed by atoms with Crippen molar-refractivity contribution in [2.24, 2.45) is 0 Å². The van der Waals surface area contributed by atoms with Crippen molar-refractivity contribution >= 4 is 17.3 Å². The van der Waals surface area contributed by atoms with E-state index in [1.54, 1.807) is 19.1 Å². The van der Waals surface area contributed by atoms with E-state index in [1.165, 1.54) is 6.07 Å². The maximum atomic E-state index is 11.5. The first-order valence-electron chi connectivity index (χ1n) is 6.03. The van der Waals surface area contributed by atoms with Gasteiger partial charge in [-0.1, -0.05) is 19.1 Å². The molecule has 0 bridgehead atoms. The number of nitro groups is 1. The fourth-order valence-electron chi connectivity index (χ4n) is 2.14. The Morgan fingerprint density at radius 2 is 2.37 bits per heavy atom. The number of aliphatic hydroxyl groups excluding tert-OH is 1. The van der Waals surface area contributed by atoms with Crippen LogP contribution in [0.4, 0.5) is 11.4 Å². The van der Waals surface area contributed by atoms with E-state index in [0.717, 1.165) is 0 Å². The van der Waals surface area contributed by atoms with E-state index in [4.69, 9.17) is 0 Å². The first-order valence-corrected chi connectivity index (χ1v) is 6.03. The van der Waals surface area contributed by atoms with Crippen LogP contribution in [0.15, 0.2) is 18.2 Å². The third kappa shape index (κ3) is 2.50. The Labute approximate surface area is 109 Å². The van der Waals surface area contributed by atoms with Crippen LogP contribution in [-0.2, 0) is 4.79 Å². The number of hydrogen-bond acceptors (Lipinski definition) is 5. The molecule has 0 spiro atoms. The van der Waals surface area contributed by atoms with Crippen molar-refractivity contribution in [3.63, 3.8) is 0 Å². The summed E-state index contributed by atoms with van der Waals surface area (Å²) in [5.74, 6) is -0.205. The van der Waals surface area contributed by atoms with E-state index in [-0.39, 0.29) is 18.1 Å². The minimum atomic E-state index is -0.815. The van der Waals surface area contributed by atoms with Gasteiger partial charge in [0.15, 0.2) is 0 Å². The molecule has 7 heteroatoms. The minimum Gasteiger partial charge on any atom is -0.389 e. The van der Waals surface area contributed by atoms with Gasteiger partial charge in [-0.25, -0.2) is 0 Å².